The van der Waals surface area contributed by atoms with Gasteiger partial charge in [-0.2, -0.15) is 4.31 Å². The Morgan fingerprint density at radius 1 is 1.00 bits per heavy atom. The number of carbonyl (C=O) groups is 1. The maximum atomic E-state index is 13.5. The van der Waals surface area contributed by atoms with Crippen LogP contribution in [0.3, 0.4) is 0 Å². The Labute approximate surface area is 200 Å². The summed E-state index contributed by atoms with van der Waals surface area (Å²) in [6.45, 7) is 4.37. The maximum Gasteiger partial charge on any atom is 0.243 e. The highest BCUT2D eigenvalue weighted by Crippen LogP contribution is 2.23. The molecule has 0 unspecified atom stereocenters. The van der Waals surface area contributed by atoms with Gasteiger partial charge in [0.25, 0.3) is 0 Å². The molecule has 0 N–H and O–H groups in total. The number of hydrogen-bond donors (Lipinski definition) is 0. The molecule has 2 aromatic carbocycles. The fourth-order valence-electron chi connectivity index (χ4n) is 3.42. The van der Waals surface area contributed by atoms with Gasteiger partial charge in [-0.1, -0.05) is 43.3 Å². The van der Waals surface area contributed by atoms with Gasteiger partial charge in [-0.15, -0.1) is 11.3 Å². The average molecular weight is 487 g/mol. The number of benzene rings is 2. The van der Waals surface area contributed by atoms with Crippen LogP contribution in [0.15, 0.2) is 77.0 Å². The van der Waals surface area contributed by atoms with Crippen molar-refractivity contribution in [1.29, 1.82) is 0 Å². The van der Waals surface area contributed by atoms with E-state index in [0.29, 0.717) is 25.3 Å². The molecule has 0 fully saturated rings. The Morgan fingerprint density at radius 2 is 1.70 bits per heavy atom. The Balaban J connectivity index is 1.87. The second-order valence-electron chi connectivity index (χ2n) is 7.80. The third-order valence-electron chi connectivity index (χ3n) is 5.54. The summed E-state index contributed by atoms with van der Waals surface area (Å²) in [5, 5.41) is 1.97. The van der Waals surface area contributed by atoms with Gasteiger partial charge < -0.3 is 9.64 Å². The molecule has 1 aromatic heterocycles. The fourth-order valence-corrected chi connectivity index (χ4v) is 5.80. The van der Waals surface area contributed by atoms with E-state index in [2.05, 4.69) is 0 Å². The minimum atomic E-state index is -3.87. The first-order valence-electron chi connectivity index (χ1n) is 10.8. The molecule has 0 spiro atoms. The predicted molar refractivity (Wildman–Crippen MR) is 132 cm³/mol. The maximum absolute atomic E-state index is 13.5. The molecule has 0 aliphatic rings. The lowest BCUT2D eigenvalue weighted by Gasteiger charge is -2.30. The molecule has 1 amide bonds. The monoisotopic (exact) mass is 486 g/mol. The number of sulfonamides is 1. The zero-order valence-electron chi connectivity index (χ0n) is 19.2. The Morgan fingerprint density at radius 3 is 2.27 bits per heavy atom. The van der Waals surface area contributed by atoms with Crippen molar-refractivity contribution in [3.05, 3.63) is 82.6 Å². The van der Waals surface area contributed by atoms with Crippen molar-refractivity contribution in [2.24, 2.45) is 0 Å². The molecule has 0 aliphatic carbocycles. The first-order valence-corrected chi connectivity index (χ1v) is 13.2. The van der Waals surface area contributed by atoms with E-state index in [1.807, 2.05) is 61.7 Å². The van der Waals surface area contributed by atoms with E-state index in [4.69, 9.17) is 4.74 Å². The van der Waals surface area contributed by atoms with Crippen molar-refractivity contribution in [3.63, 3.8) is 0 Å². The minimum Gasteiger partial charge on any atom is -0.497 e. The van der Waals surface area contributed by atoms with Gasteiger partial charge in [0.05, 0.1) is 25.1 Å². The largest absolute Gasteiger partial charge is 0.497 e. The summed E-state index contributed by atoms with van der Waals surface area (Å²) in [6.07, 6.45) is 0.590. The topological polar surface area (TPSA) is 66.9 Å². The van der Waals surface area contributed by atoms with Crippen molar-refractivity contribution in [2.75, 3.05) is 13.7 Å². The van der Waals surface area contributed by atoms with E-state index in [1.165, 1.54) is 23.5 Å². The van der Waals surface area contributed by atoms with E-state index in [-0.39, 0.29) is 23.4 Å². The summed E-state index contributed by atoms with van der Waals surface area (Å²) in [7, 11) is -2.34. The summed E-state index contributed by atoms with van der Waals surface area (Å²) < 4.78 is 33.4. The number of hydrogen-bond acceptors (Lipinski definition) is 5. The number of amides is 1. The molecular weight excluding hydrogens is 456 g/mol. The van der Waals surface area contributed by atoms with Gasteiger partial charge in [-0.3, -0.25) is 4.79 Å². The van der Waals surface area contributed by atoms with Crippen molar-refractivity contribution in [2.45, 2.75) is 44.3 Å². The van der Waals surface area contributed by atoms with Gasteiger partial charge in [0.2, 0.25) is 15.9 Å². The van der Waals surface area contributed by atoms with Crippen LogP contribution in [-0.4, -0.2) is 43.2 Å². The molecule has 6 nitrogen and oxygen atoms in total. The van der Waals surface area contributed by atoms with Gasteiger partial charge in [-0.25, -0.2) is 8.42 Å². The van der Waals surface area contributed by atoms with Gasteiger partial charge >= 0.3 is 0 Å². The third kappa shape index (κ3) is 6.43. The Hall–Kier alpha value is -2.68. The molecule has 0 bridgehead atoms. The molecule has 176 valence electrons. The highest BCUT2D eigenvalue weighted by molar-refractivity contribution is 7.89. The quantitative estimate of drug-likeness (QED) is 0.391. The molecular formula is C25H30N2O4S2. The van der Waals surface area contributed by atoms with Crippen LogP contribution < -0.4 is 4.74 Å². The second kappa shape index (κ2) is 11.4. The van der Waals surface area contributed by atoms with Crippen LogP contribution in [0.1, 0.15) is 30.7 Å². The minimum absolute atomic E-state index is 0.143. The average Bonchev–Trinajstić information content (AvgIpc) is 3.35. The Bertz CT molecular complexity index is 1110. The standard InChI is InChI=1S/C25H30N2O4S2/c1-4-20(2)27(33(29,30)24-14-12-22(31-3)13-15-24)19-25(28)26(18-23-11-8-16-32-23)17-21-9-6-5-7-10-21/h5-16,20H,4,17-19H2,1-3H3/t20-/m0/s1. The van der Waals surface area contributed by atoms with Gasteiger partial charge in [0, 0.05) is 17.5 Å². The lowest BCUT2D eigenvalue weighted by molar-refractivity contribution is -0.133. The van der Waals surface area contributed by atoms with Gasteiger partial charge in [-0.05, 0) is 54.6 Å². The fraction of sp³-hybridized carbons (Fsp3) is 0.320. The molecule has 3 rings (SSSR count). The van der Waals surface area contributed by atoms with E-state index in [9.17, 15) is 13.2 Å². The summed E-state index contributed by atoms with van der Waals surface area (Å²) in [5.74, 6) is 0.342. The van der Waals surface area contributed by atoms with E-state index in [1.54, 1.807) is 28.4 Å². The zero-order valence-corrected chi connectivity index (χ0v) is 20.8. The summed E-state index contributed by atoms with van der Waals surface area (Å²) in [4.78, 5) is 16.4. The third-order valence-corrected chi connectivity index (χ3v) is 8.37. The first-order chi connectivity index (χ1) is 15.8. The highest BCUT2D eigenvalue weighted by atomic mass is 32.2. The smallest absolute Gasteiger partial charge is 0.243 e. The van der Waals surface area contributed by atoms with Gasteiger partial charge in [0.1, 0.15) is 5.75 Å². The molecule has 8 heteroatoms. The van der Waals surface area contributed by atoms with Crippen LogP contribution >= 0.6 is 11.3 Å². The molecule has 0 aliphatic heterocycles. The van der Waals surface area contributed by atoms with Crippen LogP contribution in [-0.2, 0) is 27.9 Å². The van der Waals surface area contributed by atoms with Crippen molar-refractivity contribution in [1.82, 2.24) is 9.21 Å². The summed E-state index contributed by atoms with van der Waals surface area (Å²) in [5.41, 5.74) is 0.996. The number of carbonyl (C=O) groups excluding carboxylic acids is 1. The SMILES string of the molecule is CC[C@H](C)N(CC(=O)N(Cc1ccccc1)Cc1cccs1)S(=O)(=O)c1ccc(OC)cc1. The van der Waals surface area contributed by atoms with Gasteiger partial charge in [0.15, 0.2) is 0 Å². The highest BCUT2D eigenvalue weighted by Gasteiger charge is 2.32. The molecule has 1 heterocycles. The number of ether oxygens (including phenoxy) is 1. The Kier molecular flexibility index (Phi) is 8.66. The van der Waals surface area contributed by atoms with Crippen LogP contribution in [0.4, 0.5) is 0 Å². The second-order valence-corrected chi connectivity index (χ2v) is 10.7. The van der Waals surface area contributed by atoms with Crippen LogP contribution in [0.25, 0.3) is 0 Å². The van der Waals surface area contributed by atoms with Crippen molar-refractivity contribution >= 4 is 27.3 Å². The molecule has 3 aromatic rings. The van der Waals surface area contributed by atoms with E-state index in [0.717, 1.165) is 10.4 Å². The lowest BCUT2D eigenvalue weighted by Crippen LogP contribution is -2.46. The predicted octanol–water partition coefficient (Wildman–Crippen LogP) is 4.77. The molecule has 0 saturated heterocycles. The van der Waals surface area contributed by atoms with Crippen LogP contribution in [0.2, 0.25) is 0 Å². The lowest BCUT2D eigenvalue weighted by atomic mass is 10.2. The zero-order chi connectivity index (χ0) is 23.8. The summed E-state index contributed by atoms with van der Waals surface area (Å²) >= 11 is 1.58. The number of thiophene rings is 1. The number of nitrogens with zero attached hydrogens (tertiary/aromatic N) is 2. The molecule has 0 saturated carbocycles. The van der Waals surface area contributed by atoms with Crippen LogP contribution in [0.5, 0.6) is 5.75 Å². The number of methoxy groups -OCH3 is 1. The summed E-state index contributed by atoms with van der Waals surface area (Å²) in [6, 6.07) is 19.6. The molecule has 1 atom stereocenters. The normalized spacial score (nSPS) is 12.5. The van der Waals surface area contributed by atoms with Crippen LogP contribution in [0, 0.1) is 0 Å². The van der Waals surface area contributed by atoms with Crippen molar-refractivity contribution < 1.29 is 17.9 Å². The van der Waals surface area contributed by atoms with E-state index < -0.39 is 10.0 Å². The van der Waals surface area contributed by atoms with E-state index >= 15 is 0 Å². The first kappa shape index (κ1) is 25.0. The molecule has 33 heavy (non-hydrogen) atoms. The number of rotatable bonds is 11. The van der Waals surface area contributed by atoms with Crippen molar-refractivity contribution in [3.8, 4) is 5.75 Å². The molecule has 0 radical (unpaired) electrons.